The molecule has 2 aromatic heterocycles. The fourth-order valence-corrected chi connectivity index (χ4v) is 3.23. The highest BCUT2D eigenvalue weighted by Gasteiger charge is 2.13. The van der Waals surface area contributed by atoms with Crippen molar-refractivity contribution in [2.75, 3.05) is 0 Å². The van der Waals surface area contributed by atoms with Gasteiger partial charge in [0.15, 0.2) is 5.78 Å². The molecule has 0 aliphatic carbocycles. The predicted molar refractivity (Wildman–Crippen MR) is 77.9 cm³/mol. The summed E-state index contributed by atoms with van der Waals surface area (Å²) in [6.45, 7) is 4.37. The Labute approximate surface area is 115 Å². The summed E-state index contributed by atoms with van der Waals surface area (Å²) in [7, 11) is 0. The van der Waals surface area contributed by atoms with Crippen LogP contribution in [0.1, 0.15) is 20.1 Å². The molecule has 0 fully saturated rings. The van der Waals surface area contributed by atoms with Gasteiger partial charge < -0.3 is 4.57 Å². The molecule has 0 bridgehead atoms. The Kier molecular flexibility index (Phi) is 2.95. The predicted octanol–water partition coefficient (Wildman–Crippen LogP) is 3.60. The van der Waals surface area contributed by atoms with Gasteiger partial charge in [-0.1, -0.05) is 12.1 Å². The summed E-state index contributed by atoms with van der Waals surface area (Å²) >= 11 is 1.67. The van der Waals surface area contributed by atoms with E-state index in [4.69, 9.17) is 0 Å². The van der Waals surface area contributed by atoms with Gasteiger partial charge in [0.25, 0.3) is 0 Å². The Hall–Kier alpha value is -1.94. The summed E-state index contributed by atoms with van der Waals surface area (Å²) in [5, 5.41) is 0. The molecular weight excluding hydrogens is 256 g/mol. The number of hydrogen-bond acceptors (Lipinski definition) is 3. The molecule has 0 spiro atoms. The number of Topliss-reactive ketones (excluding diaryl/α,β-unsaturated/α-hetero) is 1. The molecule has 4 heteroatoms. The first-order valence-electron chi connectivity index (χ1n) is 6.15. The lowest BCUT2D eigenvalue weighted by Crippen LogP contribution is -2.09. The lowest BCUT2D eigenvalue weighted by atomic mass is 10.1. The van der Waals surface area contributed by atoms with Crippen molar-refractivity contribution in [1.82, 2.24) is 9.55 Å². The van der Waals surface area contributed by atoms with Crippen molar-refractivity contribution < 1.29 is 4.79 Å². The van der Waals surface area contributed by atoms with Crippen LogP contribution in [0, 0.1) is 13.8 Å². The second-order valence-electron chi connectivity index (χ2n) is 4.61. The number of para-hydroxylation sites is 2. The third kappa shape index (κ3) is 2.19. The highest BCUT2D eigenvalue weighted by molar-refractivity contribution is 7.12. The summed E-state index contributed by atoms with van der Waals surface area (Å²) in [4.78, 5) is 18.9. The Morgan fingerprint density at radius 1 is 1.32 bits per heavy atom. The maximum Gasteiger partial charge on any atom is 0.183 e. The van der Waals surface area contributed by atoms with E-state index in [1.807, 2.05) is 48.7 Å². The normalized spacial score (nSPS) is 11.1. The van der Waals surface area contributed by atoms with Crippen molar-refractivity contribution in [2.24, 2.45) is 0 Å². The minimum Gasteiger partial charge on any atom is -0.323 e. The Morgan fingerprint density at radius 2 is 2.11 bits per heavy atom. The number of aryl methyl sites for hydroxylation is 2. The average molecular weight is 270 g/mol. The molecule has 0 atom stereocenters. The number of carbonyl (C=O) groups is 1. The minimum atomic E-state index is 0.144. The molecule has 0 aliphatic heterocycles. The molecule has 19 heavy (non-hydrogen) atoms. The summed E-state index contributed by atoms with van der Waals surface area (Å²) in [5.74, 6) is 0.144. The minimum absolute atomic E-state index is 0.144. The number of thiophene rings is 1. The van der Waals surface area contributed by atoms with Crippen molar-refractivity contribution in [2.45, 2.75) is 20.4 Å². The molecular formula is C15H14N2OS. The van der Waals surface area contributed by atoms with Gasteiger partial charge >= 0.3 is 0 Å². The van der Waals surface area contributed by atoms with E-state index in [0.29, 0.717) is 6.54 Å². The monoisotopic (exact) mass is 270 g/mol. The lowest BCUT2D eigenvalue weighted by molar-refractivity contribution is 0.0973. The largest absolute Gasteiger partial charge is 0.323 e. The van der Waals surface area contributed by atoms with Gasteiger partial charge in [-0.25, -0.2) is 4.98 Å². The van der Waals surface area contributed by atoms with E-state index in [1.165, 1.54) is 4.88 Å². The number of aromatic nitrogens is 2. The molecule has 0 amide bonds. The van der Waals surface area contributed by atoms with Crippen LogP contribution < -0.4 is 0 Å². The van der Waals surface area contributed by atoms with Crippen LogP contribution in [0.25, 0.3) is 11.0 Å². The smallest absolute Gasteiger partial charge is 0.183 e. The molecule has 0 radical (unpaired) electrons. The highest BCUT2D eigenvalue weighted by Crippen LogP contribution is 2.22. The molecule has 3 aromatic rings. The number of nitrogens with zero attached hydrogens (tertiary/aromatic N) is 2. The van der Waals surface area contributed by atoms with Gasteiger partial charge in [-0.3, -0.25) is 4.79 Å². The number of rotatable bonds is 3. The second kappa shape index (κ2) is 4.63. The lowest BCUT2D eigenvalue weighted by Gasteiger charge is -2.03. The van der Waals surface area contributed by atoms with Crippen LogP contribution >= 0.6 is 11.3 Å². The summed E-state index contributed by atoms with van der Waals surface area (Å²) in [5.41, 5.74) is 2.76. The van der Waals surface area contributed by atoms with Crippen LogP contribution in [0.2, 0.25) is 0 Å². The van der Waals surface area contributed by atoms with E-state index in [9.17, 15) is 4.79 Å². The molecule has 96 valence electrons. The molecule has 0 unspecified atom stereocenters. The van der Waals surface area contributed by atoms with Crippen molar-refractivity contribution in [3.63, 3.8) is 0 Å². The number of hydrogen-bond donors (Lipinski definition) is 0. The van der Waals surface area contributed by atoms with Gasteiger partial charge in [0, 0.05) is 15.3 Å². The van der Waals surface area contributed by atoms with E-state index in [-0.39, 0.29) is 5.78 Å². The number of fused-ring (bicyclic) bond motifs is 1. The Bertz CT molecular complexity index is 754. The van der Waals surface area contributed by atoms with Crippen LogP contribution in [0.15, 0.2) is 36.7 Å². The van der Waals surface area contributed by atoms with Crippen molar-refractivity contribution in [3.8, 4) is 0 Å². The number of ketones is 1. The van der Waals surface area contributed by atoms with Gasteiger partial charge in [0.05, 0.1) is 23.9 Å². The molecule has 2 heterocycles. The second-order valence-corrected chi connectivity index (χ2v) is 6.07. The third-order valence-corrected chi connectivity index (χ3v) is 4.15. The topological polar surface area (TPSA) is 34.9 Å². The highest BCUT2D eigenvalue weighted by atomic mass is 32.1. The van der Waals surface area contributed by atoms with Gasteiger partial charge in [-0.05, 0) is 32.0 Å². The maximum absolute atomic E-state index is 12.3. The third-order valence-electron chi connectivity index (χ3n) is 3.18. The van der Waals surface area contributed by atoms with Crippen LogP contribution in [-0.2, 0) is 6.54 Å². The molecule has 0 aliphatic rings. The van der Waals surface area contributed by atoms with E-state index >= 15 is 0 Å². The quantitative estimate of drug-likeness (QED) is 0.682. The summed E-state index contributed by atoms with van der Waals surface area (Å²) < 4.78 is 1.91. The van der Waals surface area contributed by atoms with Crippen LogP contribution in [0.5, 0.6) is 0 Å². The van der Waals surface area contributed by atoms with Gasteiger partial charge in [0.1, 0.15) is 0 Å². The van der Waals surface area contributed by atoms with Crippen LogP contribution in [0.4, 0.5) is 0 Å². The first kappa shape index (κ1) is 12.1. The molecule has 0 saturated heterocycles. The Morgan fingerprint density at radius 3 is 2.84 bits per heavy atom. The van der Waals surface area contributed by atoms with Crippen molar-refractivity contribution in [3.05, 3.63) is 52.0 Å². The fourth-order valence-electron chi connectivity index (χ4n) is 2.28. The zero-order valence-corrected chi connectivity index (χ0v) is 11.7. The van der Waals surface area contributed by atoms with Crippen molar-refractivity contribution >= 4 is 28.2 Å². The van der Waals surface area contributed by atoms with Gasteiger partial charge in [-0.2, -0.15) is 0 Å². The van der Waals surface area contributed by atoms with Gasteiger partial charge in [-0.15, -0.1) is 11.3 Å². The number of imidazole rings is 1. The molecule has 1 aromatic carbocycles. The average Bonchev–Trinajstić information content (AvgIpc) is 2.94. The molecule has 3 nitrogen and oxygen atoms in total. The van der Waals surface area contributed by atoms with E-state index in [2.05, 4.69) is 4.98 Å². The van der Waals surface area contributed by atoms with E-state index < -0.39 is 0 Å². The number of carbonyl (C=O) groups excluding carboxylic acids is 1. The van der Waals surface area contributed by atoms with Gasteiger partial charge in [0.2, 0.25) is 0 Å². The zero-order chi connectivity index (χ0) is 13.4. The SMILES string of the molecule is Cc1cc(C(=O)Cn2cnc3ccccc32)c(C)s1. The fraction of sp³-hybridized carbons (Fsp3) is 0.200. The zero-order valence-electron chi connectivity index (χ0n) is 10.9. The summed E-state index contributed by atoms with van der Waals surface area (Å²) in [6, 6.07) is 9.83. The molecule has 0 saturated carbocycles. The van der Waals surface area contributed by atoms with Crippen LogP contribution in [0.3, 0.4) is 0 Å². The molecule has 3 rings (SSSR count). The number of benzene rings is 1. The standard InChI is InChI=1S/C15H14N2OS/c1-10-7-12(11(2)19-10)15(18)8-17-9-16-13-5-3-4-6-14(13)17/h3-7,9H,8H2,1-2H3. The van der Waals surface area contributed by atoms with Crippen molar-refractivity contribution in [1.29, 1.82) is 0 Å². The molecule has 0 N–H and O–H groups in total. The van der Waals surface area contributed by atoms with E-state index in [1.54, 1.807) is 17.7 Å². The first-order valence-corrected chi connectivity index (χ1v) is 6.97. The van der Waals surface area contributed by atoms with Crippen LogP contribution in [-0.4, -0.2) is 15.3 Å². The van der Waals surface area contributed by atoms with E-state index in [0.717, 1.165) is 21.5 Å². The maximum atomic E-state index is 12.3. The Balaban J connectivity index is 1.93. The first-order chi connectivity index (χ1) is 9.15. The summed E-state index contributed by atoms with van der Waals surface area (Å²) in [6.07, 6.45) is 1.73.